The number of anilines is 1. The predicted octanol–water partition coefficient (Wildman–Crippen LogP) is 3.53. The lowest BCUT2D eigenvalue weighted by atomic mass is 10.1. The highest BCUT2D eigenvalue weighted by molar-refractivity contribution is 7.09. The Hall–Kier alpha value is -2.57. The topological polar surface area (TPSA) is 46.4 Å². The van der Waals surface area contributed by atoms with Crippen LogP contribution in [0.15, 0.2) is 41.8 Å². The van der Waals surface area contributed by atoms with Crippen LogP contribution >= 0.6 is 11.3 Å². The molecule has 4 nitrogen and oxygen atoms in total. The number of carbonyl (C=O) groups excluding carboxylic acids is 1. The van der Waals surface area contributed by atoms with E-state index in [1.54, 1.807) is 6.07 Å². The fourth-order valence-corrected chi connectivity index (χ4v) is 4.25. The number of thiazole rings is 1. The van der Waals surface area contributed by atoms with E-state index in [0.29, 0.717) is 13.1 Å². The molecule has 2 N–H and O–H groups in total. The van der Waals surface area contributed by atoms with Gasteiger partial charge in [-0.05, 0) is 44.0 Å². The van der Waals surface area contributed by atoms with Crippen molar-refractivity contribution < 1.29 is 14.1 Å². The molecule has 1 unspecified atom stereocenters. The molecule has 0 saturated carbocycles. The van der Waals surface area contributed by atoms with Crippen molar-refractivity contribution in [2.24, 2.45) is 0 Å². The summed E-state index contributed by atoms with van der Waals surface area (Å²) >= 11 is 1.53. The zero-order chi connectivity index (χ0) is 20.3. The summed E-state index contributed by atoms with van der Waals surface area (Å²) in [6, 6.07) is 10.6. The lowest BCUT2D eigenvalue weighted by Gasteiger charge is -2.15. The molecule has 28 heavy (non-hydrogen) atoms. The molecule has 146 valence electrons. The van der Waals surface area contributed by atoms with Crippen molar-refractivity contribution in [3.8, 4) is 11.3 Å². The number of amides is 1. The Bertz CT molecular complexity index is 976. The first-order chi connectivity index (χ1) is 13.3. The van der Waals surface area contributed by atoms with E-state index in [0.717, 1.165) is 38.0 Å². The minimum atomic E-state index is -0.270. The van der Waals surface area contributed by atoms with Crippen LogP contribution in [0.3, 0.4) is 0 Å². The molecule has 0 spiro atoms. The Morgan fingerprint density at radius 1 is 1.18 bits per heavy atom. The van der Waals surface area contributed by atoms with Gasteiger partial charge in [0, 0.05) is 16.6 Å². The molecule has 0 aliphatic carbocycles. The standard InChI is InChI=1S/C22H24FN3OS/c1-14-8-15(2)22(16(3)9-14)25-20(27)11-26(4)12-21-24-19(13-28-21)17-6-5-7-18(23)10-17/h5-10,13H,11-12H2,1-4H3,(H,25,27)/p+1. The number of rotatable bonds is 6. The van der Waals surface area contributed by atoms with Gasteiger partial charge in [-0.3, -0.25) is 4.79 Å². The molecule has 2 aromatic carbocycles. The van der Waals surface area contributed by atoms with Crippen molar-refractivity contribution in [3.05, 3.63) is 69.3 Å². The molecule has 0 saturated heterocycles. The predicted molar refractivity (Wildman–Crippen MR) is 112 cm³/mol. The fourth-order valence-electron chi connectivity index (χ4n) is 3.33. The van der Waals surface area contributed by atoms with Gasteiger partial charge >= 0.3 is 0 Å². The van der Waals surface area contributed by atoms with Crippen LogP contribution in [0, 0.1) is 26.6 Å². The molecule has 1 atom stereocenters. The van der Waals surface area contributed by atoms with Gasteiger partial charge in [0.05, 0.1) is 12.7 Å². The highest BCUT2D eigenvalue weighted by Gasteiger charge is 2.15. The van der Waals surface area contributed by atoms with Crippen LogP contribution in [0.5, 0.6) is 0 Å². The normalized spacial score (nSPS) is 12.0. The zero-order valence-electron chi connectivity index (χ0n) is 16.6. The molecular formula is C22H25FN3OS+. The average Bonchev–Trinajstić information content (AvgIpc) is 3.06. The number of carbonyl (C=O) groups is 1. The highest BCUT2D eigenvalue weighted by Crippen LogP contribution is 2.23. The molecular weight excluding hydrogens is 373 g/mol. The van der Waals surface area contributed by atoms with E-state index in [1.807, 2.05) is 32.3 Å². The van der Waals surface area contributed by atoms with Crippen molar-refractivity contribution in [2.75, 3.05) is 18.9 Å². The Labute approximate surface area is 169 Å². The van der Waals surface area contributed by atoms with Crippen molar-refractivity contribution >= 4 is 22.9 Å². The first-order valence-corrected chi connectivity index (χ1v) is 10.1. The van der Waals surface area contributed by atoms with Crippen LogP contribution in [0.4, 0.5) is 10.1 Å². The third kappa shape index (κ3) is 5.03. The van der Waals surface area contributed by atoms with E-state index in [1.165, 1.54) is 29.0 Å². The second kappa shape index (κ2) is 8.63. The number of likely N-dealkylation sites (N-methyl/N-ethyl adjacent to an activating group) is 1. The second-order valence-electron chi connectivity index (χ2n) is 7.27. The van der Waals surface area contributed by atoms with Gasteiger partial charge in [0.1, 0.15) is 17.4 Å². The minimum Gasteiger partial charge on any atom is -0.324 e. The number of hydrogen-bond acceptors (Lipinski definition) is 3. The summed E-state index contributed by atoms with van der Waals surface area (Å²) in [5.74, 6) is -0.289. The number of quaternary nitrogens is 1. The molecule has 3 aromatic rings. The third-order valence-corrected chi connectivity index (χ3v) is 5.38. The molecule has 6 heteroatoms. The number of nitrogens with zero attached hydrogens (tertiary/aromatic N) is 1. The SMILES string of the molecule is Cc1cc(C)c(NC(=O)C[NH+](C)Cc2nc(-c3cccc(F)c3)cs2)c(C)c1. The van der Waals surface area contributed by atoms with E-state index < -0.39 is 0 Å². The van der Waals surface area contributed by atoms with Gasteiger partial charge in [-0.2, -0.15) is 0 Å². The molecule has 0 bridgehead atoms. The number of hydrogen-bond donors (Lipinski definition) is 2. The quantitative estimate of drug-likeness (QED) is 0.667. The number of halogens is 1. The smallest absolute Gasteiger partial charge is 0.279 e. The zero-order valence-corrected chi connectivity index (χ0v) is 17.4. The first-order valence-electron chi connectivity index (χ1n) is 9.21. The summed E-state index contributed by atoms with van der Waals surface area (Å²) in [4.78, 5) is 18.1. The first kappa shape index (κ1) is 20.2. The maximum absolute atomic E-state index is 13.4. The van der Waals surface area contributed by atoms with Crippen LogP contribution in [0.1, 0.15) is 21.7 Å². The summed E-state index contributed by atoms with van der Waals surface area (Å²) in [6.45, 7) is 7.06. The summed E-state index contributed by atoms with van der Waals surface area (Å²) in [7, 11) is 1.97. The van der Waals surface area contributed by atoms with Crippen LogP contribution in [-0.4, -0.2) is 24.5 Å². The number of nitrogens with one attached hydrogen (secondary N) is 2. The fraction of sp³-hybridized carbons (Fsp3) is 0.273. The van der Waals surface area contributed by atoms with E-state index in [2.05, 4.69) is 29.4 Å². The van der Waals surface area contributed by atoms with Crippen molar-refractivity contribution in [1.82, 2.24) is 4.98 Å². The molecule has 1 heterocycles. The van der Waals surface area contributed by atoms with Gasteiger partial charge in [0.15, 0.2) is 6.54 Å². The minimum absolute atomic E-state index is 0.0190. The Morgan fingerprint density at radius 2 is 1.89 bits per heavy atom. The average molecular weight is 399 g/mol. The van der Waals surface area contributed by atoms with Crippen LogP contribution in [0.25, 0.3) is 11.3 Å². The van der Waals surface area contributed by atoms with Crippen LogP contribution in [-0.2, 0) is 11.3 Å². The van der Waals surface area contributed by atoms with Gasteiger partial charge in [-0.15, -0.1) is 11.3 Å². The monoisotopic (exact) mass is 398 g/mol. The maximum atomic E-state index is 13.4. The third-order valence-electron chi connectivity index (χ3n) is 4.53. The number of aryl methyl sites for hydroxylation is 3. The molecule has 0 aliphatic heterocycles. The van der Waals surface area contributed by atoms with E-state index in [-0.39, 0.29) is 11.7 Å². The largest absolute Gasteiger partial charge is 0.324 e. The second-order valence-corrected chi connectivity index (χ2v) is 8.21. The Morgan fingerprint density at radius 3 is 2.57 bits per heavy atom. The van der Waals surface area contributed by atoms with E-state index in [9.17, 15) is 9.18 Å². The van der Waals surface area contributed by atoms with Crippen molar-refractivity contribution in [1.29, 1.82) is 0 Å². The van der Waals surface area contributed by atoms with Crippen LogP contribution in [0.2, 0.25) is 0 Å². The van der Waals surface area contributed by atoms with Crippen LogP contribution < -0.4 is 10.2 Å². The Kier molecular flexibility index (Phi) is 6.21. The highest BCUT2D eigenvalue weighted by atomic mass is 32.1. The molecule has 0 radical (unpaired) electrons. The van der Waals surface area contributed by atoms with Crippen molar-refractivity contribution in [2.45, 2.75) is 27.3 Å². The van der Waals surface area contributed by atoms with Gasteiger partial charge in [-0.25, -0.2) is 9.37 Å². The summed E-state index contributed by atoms with van der Waals surface area (Å²) < 4.78 is 13.4. The van der Waals surface area contributed by atoms with E-state index >= 15 is 0 Å². The lowest BCUT2D eigenvalue weighted by Crippen LogP contribution is -3.08. The van der Waals surface area contributed by atoms with Gasteiger partial charge in [0.25, 0.3) is 5.91 Å². The summed E-state index contributed by atoms with van der Waals surface area (Å²) in [5.41, 5.74) is 5.76. The van der Waals surface area contributed by atoms with Gasteiger partial charge in [-0.1, -0.05) is 29.8 Å². The molecule has 0 fully saturated rings. The summed E-state index contributed by atoms with van der Waals surface area (Å²) in [6.07, 6.45) is 0. The molecule has 3 rings (SSSR count). The van der Waals surface area contributed by atoms with Gasteiger partial charge < -0.3 is 10.2 Å². The molecule has 0 aliphatic rings. The van der Waals surface area contributed by atoms with Crippen molar-refractivity contribution in [3.63, 3.8) is 0 Å². The summed E-state index contributed by atoms with van der Waals surface area (Å²) in [5, 5.41) is 5.89. The molecule has 1 amide bonds. The number of aromatic nitrogens is 1. The lowest BCUT2D eigenvalue weighted by molar-refractivity contribution is -0.885. The van der Waals surface area contributed by atoms with Gasteiger partial charge in [0.2, 0.25) is 0 Å². The molecule has 1 aromatic heterocycles. The Balaban J connectivity index is 1.60. The van der Waals surface area contributed by atoms with E-state index in [4.69, 9.17) is 0 Å². The number of benzene rings is 2. The maximum Gasteiger partial charge on any atom is 0.279 e.